The number of hydrogen-bond donors (Lipinski definition) is 0. The lowest BCUT2D eigenvalue weighted by molar-refractivity contribution is 0.0600. The van der Waals surface area contributed by atoms with Crippen molar-refractivity contribution in [2.75, 3.05) is 14.2 Å². The van der Waals surface area contributed by atoms with Gasteiger partial charge in [-0.2, -0.15) is 0 Å². The summed E-state index contributed by atoms with van der Waals surface area (Å²) in [5.74, 6) is -1.53. The molecule has 0 aliphatic heterocycles. The third-order valence-corrected chi connectivity index (χ3v) is 5.12. The van der Waals surface area contributed by atoms with E-state index in [1.165, 1.54) is 14.2 Å². The zero-order valence-corrected chi connectivity index (χ0v) is 17.4. The molecule has 4 rings (SSSR count). The van der Waals surface area contributed by atoms with Crippen LogP contribution < -0.4 is 4.74 Å². The van der Waals surface area contributed by atoms with E-state index in [2.05, 4.69) is 4.98 Å². The molecule has 0 saturated heterocycles. The van der Waals surface area contributed by atoms with Crippen LogP contribution in [-0.4, -0.2) is 29.7 Å². The summed E-state index contributed by atoms with van der Waals surface area (Å²) in [6.07, 6.45) is 0. The largest absolute Gasteiger partial charge is 0.496 e. The van der Waals surface area contributed by atoms with E-state index in [0.717, 1.165) is 17.7 Å². The number of esters is 1. The highest BCUT2D eigenvalue weighted by Gasteiger charge is 2.19. The van der Waals surface area contributed by atoms with Crippen LogP contribution in [0.2, 0.25) is 5.02 Å². The predicted octanol–water partition coefficient (Wildman–Crippen LogP) is 5.48. The minimum absolute atomic E-state index is 0.244. The molecule has 8 heteroatoms. The van der Waals surface area contributed by atoms with E-state index in [1.807, 2.05) is 6.07 Å². The Hall–Kier alpha value is -3.45. The fraction of sp³-hybridized carbons (Fsp3) is 0.130. The highest BCUT2D eigenvalue weighted by Crippen LogP contribution is 2.35. The molecule has 31 heavy (non-hydrogen) atoms. The maximum atomic E-state index is 14.1. The number of benzene rings is 3. The summed E-state index contributed by atoms with van der Waals surface area (Å²) in [7, 11) is 2.81. The van der Waals surface area contributed by atoms with Gasteiger partial charge in [0.15, 0.2) is 11.6 Å². The third kappa shape index (κ3) is 3.96. The van der Waals surface area contributed by atoms with Gasteiger partial charge in [-0.1, -0.05) is 23.7 Å². The Kier molecular flexibility index (Phi) is 5.61. The van der Waals surface area contributed by atoms with E-state index in [9.17, 15) is 13.6 Å². The number of halogens is 3. The Morgan fingerprint density at radius 1 is 1.06 bits per heavy atom. The lowest BCUT2D eigenvalue weighted by atomic mass is 10.1. The number of fused-ring (bicyclic) bond motifs is 1. The van der Waals surface area contributed by atoms with E-state index in [1.54, 1.807) is 41.0 Å². The van der Waals surface area contributed by atoms with Crippen molar-refractivity contribution >= 4 is 28.6 Å². The van der Waals surface area contributed by atoms with Crippen molar-refractivity contribution < 1.29 is 23.0 Å². The number of methoxy groups -OCH3 is 2. The van der Waals surface area contributed by atoms with Gasteiger partial charge in [0.05, 0.1) is 36.4 Å². The van der Waals surface area contributed by atoms with Crippen molar-refractivity contribution in [2.45, 2.75) is 6.54 Å². The molecule has 0 fully saturated rings. The summed E-state index contributed by atoms with van der Waals surface area (Å²) >= 11 is 6.08. The van der Waals surface area contributed by atoms with Crippen molar-refractivity contribution in [3.05, 3.63) is 82.4 Å². The molecule has 1 heterocycles. The number of rotatable bonds is 5. The van der Waals surface area contributed by atoms with Crippen LogP contribution >= 0.6 is 11.6 Å². The van der Waals surface area contributed by atoms with Crippen molar-refractivity contribution in [2.24, 2.45) is 0 Å². The molecular weight excluding hydrogens is 426 g/mol. The second-order valence-electron chi connectivity index (χ2n) is 6.81. The lowest BCUT2D eigenvalue weighted by Gasteiger charge is -2.13. The average Bonchev–Trinajstić information content (AvgIpc) is 3.10. The molecule has 0 bridgehead atoms. The zero-order valence-electron chi connectivity index (χ0n) is 16.7. The summed E-state index contributed by atoms with van der Waals surface area (Å²) in [5, 5.41) is 0.478. The Labute approximate surface area is 181 Å². The first kappa shape index (κ1) is 20.8. The van der Waals surface area contributed by atoms with E-state index < -0.39 is 17.6 Å². The number of imidazole rings is 1. The number of carbonyl (C=O) groups excluding carboxylic acids is 1. The topological polar surface area (TPSA) is 53.4 Å². The van der Waals surface area contributed by atoms with Crippen LogP contribution in [0.4, 0.5) is 8.78 Å². The summed E-state index contributed by atoms with van der Waals surface area (Å²) in [5.41, 5.74) is 2.42. The lowest BCUT2D eigenvalue weighted by Crippen LogP contribution is -2.06. The maximum Gasteiger partial charge on any atom is 0.337 e. The molecule has 0 aliphatic rings. The van der Waals surface area contributed by atoms with Gasteiger partial charge in [-0.05, 0) is 35.9 Å². The number of aromatic nitrogens is 2. The van der Waals surface area contributed by atoms with Crippen molar-refractivity contribution in [3.8, 4) is 17.1 Å². The Balaban J connectivity index is 1.92. The second-order valence-corrected chi connectivity index (χ2v) is 7.25. The minimum Gasteiger partial charge on any atom is -0.496 e. The second kappa shape index (κ2) is 8.35. The van der Waals surface area contributed by atoms with Gasteiger partial charge in [0.2, 0.25) is 0 Å². The Morgan fingerprint density at radius 3 is 2.58 bits per heavy atom. The first-order valence-electron chi connectivity index (χ1n) is 9.27. The fourth-order valence-corrected chi connectivity index (χ4v) is 3.59. The smallest absolute Gasteiger partial charge is 0.337 e. The molecular formula is C23H17ClF2N2O3. The van der Waals surface area contributed by atoms with Gasteiger partial charge in [0.25, 0.3) is 0 Å². The van der Waals surface area contributed by atoms with Gasteiger partial charge >= 0.3 is 5.97 Å². The number of hydrogen-bond acceptors (Lipinski definition) is 4. The summed E-state index contributed by atoms with van der Waals surface area (Å²) in [6, 6.07) is 14.1. The van der Waals surface area contributed by atoms with Gasteiger partial charge in [0, 0.05) is 23.7 Å². The minimum atomic E-state index is -0.987. The van der Waals surface area contributed by atoms with Crippen LogP contribution in [0.3, 0.4) is 0 Å². The third-order valence-electron chi connectivity index (χ3n) is 4.88. The predicted molar refractivity (Wildman–Crippen MR) is 114 cm³/mol. The van der Waals surface area contributed by atoms with Gasteiger partial charge < -0.3 is 14.0 Å². The average molecular weight is 443 g/mol. The zero-order chi connectivity index (χ0) is 22.1. The monoisotopic (exact) mass is 442 g/mol. The number of ether oxygens (including phenoxy) is 2. The Morgan fingerprint density at radius 2 is 1.84 bits per heavy atom. The van der Waals surface area contributed by atoms with Crippen LogP contribution in [0.15, 0.2) is 54.6 Å². The van der Waals surface area contributed by atoms with Crippen molar-refractivity contribution in [1.82, 2.24) is 9.55 Å². The van der Waals surface area contributed by atoms with Crippen LogP contribution in [0.25, 0.3) is 22.4 Å². The first-order valence-corrected chi connectivity index (χ1v) is 9.65. The fourth-order valence-electron chi connectivity index (χ4n) is 3.43. The molecule has 0 unspecified atom stereocenters. The summed E-state index contributed by atoms with van der Waals surface area (Å²) in [6.45, 7) is 0.244. The molecule has 0 N–H and O–H groups in total. The molecule has 158 valence electrons. The van der Waals surface area contributed by atoms with Gasteiger partial charge in [0.1, 0.15) is 11.6 Å². The number of carbonyl (C=O) groups is 1. The van der Waals surface area contributed by atoms with E-state index >= 15 is 0 Å². The highest BCUT2D eigenvalue weighted by molar-refractivity contribution is 6.30. The molecule has 0 spiro atoms. The van der Waals surface area contributed by atoms with E-state index in [-0.39, 0.29) is 12.1 Å². The van der Waals surface area contributed by atoms with Crippen molar-refractivity contribution in [1.29, 1.82) is 0 Å². The summed E-state index contributed by atoms with van der Waals surface area (Å²) in [4.78, 5) is 16.4. The van der Waals surface area contributed by atoms with Crippen LogP contribution in [0, 0.1) is 11.6 Å². The maximum absolute atomic E-state index is 14.1. The van der Waals surface area contributed by atoms with Gasteiger partial charge in [-0.25, -0.2) is 18.6 Å². The molecule has 0 atom stereocenters. The molecule has 3 aromatic carbocycles. The number of nitrogens with zero attached hydrogens (tertiary/aromatic N) is 2. The highest BCUT2D eigenvalue weighted by atomic mass is 35.5. The van der Waals surface area contributed by atoms with Gasteiger partial charge in [-0.3, -0.25) is 0 Å². The normalized spacial score (nSPS) is 11.0. The Bertz CT molecular complexity index is 1300. The molecule has 4 aromatic rings. The molecule has 0 saturated carbocycles. The van der Waals surface area contributed by atoms with E-state index in [0.29, 0.717) is 33.2 Å². The van der Waals surface area contributed by atoms with Crippen molar-refractivity contribution in [3.63, 3.8) is 0 Å². The van der Waals surface area contributed by atoms with E-state index in [4.69, 9.17) is 21.1 Å². The quantitative estimate of drug-likeness (QED) is 0.384. The summed E-state index contributed by atoms with van der Waals surface area (Å²) < 4.78 is 39.9. The SMILES string of the molecule is COC(=O)c1cccc(Cn2c(-c3ccc(Cl)cc3OC)nc3cc(F)c(F)cc32)c1. The van der Waals surface area contributed by atoms with Crippen LogP contribution in [0.1, 0.15) is 15.9 Å². The molecule has 0 amide bonds. The molecule has 0 aliphatic carbocycles. The first-order chi connectivity index (χ1) is 14.9. The molecule has 5 nitrogen and oxygen atoms in total. The molecule has 1 aromatic heterocycles. The van der Waals surface area contributed by atoms with Crippen LogP contribution in [0.5, 0.6) is 5.75 Å². The molecule has 0 radical (unpaired) electrons. The van der Waals surface area contributed by atoms with Gasteiger partial charge in [-0.15, -0.1) is 0 Å². The standard InChI is InChI=1S/C23H17ClF2N2O3/c1-30-21-9-15(24)6-7-16(21)22-27-19-10-17(25)18(26)11-20(19)28(22)12-13-4-3-5-14(8-13)23(29)31-2/h3-11H,12H2,1-2H3. The van der Waals surface area contributed by atoms with Crippen LogP contribution in [-0.2, 0) is 11.3 Å².